The van der Waals surface area contributed by atoms with Crippen LogP contribution < -0.4 is 10.2 Å². The van der Waals surface area contributed by atoms with E-state index in [1.54, 1.807) is 18.5 Å². The minimum atomic E-state index is -0.755. The Kier molecular flexibility index (Phi) is 4.56. The van der Waals surface area contributed by atoms with Gasteiger partial charge < -0.3 is 10.2 Å². The van der Waals surface area contributed by atoms with Crippen LogP contribution in [0.5, 0.6) is 0 Å². The molecule has 2 atom stereocenters. The van der Waals surface area contributed by atoms with Crippen LogP contribution in [0, 0.1) is 23.0 Å². The van der Waals surface area contributed by atoms with Crippen LogP contribution in [0.4, 0.5) is 14.5 Å². The van der Waals surface area contributed by atoms with Gasteiger partial charge in [-0.15, -0.1) is 0 Å². The molecule has 1 aliphatic carbocycles. The van der Waals surface area contributed by atoms with Gasteiger partial charge in [0, 0.05) is 31.7 Å². The highest BCUT2D eigenvalue weighted by atomic mass is 19.2. The molecule has 0 amide bonds. The Morgan fingerprint density at radius 1 is 1.13 bits per heavy atom. The van der Waals surface area contributed by atoms with Gasteiger partial charge in [0.1, 0.15) is 0 Å². The molecule has 1 saturated carbocycles. The molecule has 2 aromatic rings. The van der Waals surface area contributed by atoms with E-state index in [-0.39, 0.29) is 11.3 Å². The third kappa shape index (κ3) is 3.57. The second-order valence-corrected chi connectivity index (χ2v) is 9.22. The van der Waals surface area contributed by atoms with Crippen LogP contribution in [0.1, 0.15) is 44.0 Å². The minimum absolute atomic E-state index is 0.123. The van der Waals surface area contributed by atoms with Crippen LogP contribution in [-0.2, 0) is 0 Å². The quantitative estimate of drug-likeness (QED) is 0.829. The number of aliphatic imine (C=N–C) groups is 1. The van der Waals surface area contributed by atoms with E-state index in [0.29, 0.717) is 29.8 Å². The average Bonchev–Trinajstić information content (AvgIpc) is 3.47. The Morgan fingerprint density at radius 3 is 2.60 bits per heavy atom. The summed E-state index contributed by atoms with van der Waals surface area (Å²) in [5.41, 5.74) is 2.57. The fourth-order valence-corrected chi connectivity index (χ4v) is 4.53. The van der Waals surface area contributed by atoms with Crippen molar-refractivity contribution in [2.75, 3.05) is 24.5 Å². The van der Waals surface area contributed by atoms with Crippen LogP contribution in [0.2, 0.25) is 0 Å². The van der Waals surface area contributed by atoms with Crippen molar-refractivity contribution in [3.05, 3.63) is 65.4 Å². The van der Waals surface area contributed by atoms with E-state index in [0.717, 1.165) is 31.5 Å². The van der Waals surface area contributed by atoms with Gasteiger partial charge in [0.05, 0.1) is 12.2 Å². The van der Waals surface area contributed by atoms with E-state index in [1.165, 1.54) is 11.6 Å². The Hall–Kier alpha value is -2.83. The average molecular weight is 409 g/mol. The summed E-state index contributed by atoms with van der Waals surface area (Å²) in [6.07, 6.45) is 7.24. The number of benzene rings is 1. The van der Waals surface area contributed by atoms with Gasteiger partial charge >= 0.3 is 0 Å². The molecule has 7 heteroatoms. The lowest BCUT2D eigenvalue weighted by Gasteiger charge is -2.23. The topological polar surface area (TPSA) is 53.4 Å². The van der Waals surface area contributed by atoms with E-state index in [9.17, 15) is 8.78 Å². The van der Waals surface area contributed by atoms with Crippen LogP contribution in [-0.4, -0.2) is 35.4 Å². The van der Waals surface area contributed by atoms with Crippen molar-refractivity contribution in [3.63, 3.8) is 0 Å². The number of hydrogen-bond acceptors (Lipinski definition) is 5. The molecule has 2 aliphatic heterocycles. The van der Waals surface area contributed by atoms with Crippen LogP contribution in [0.25, 0.3) is 0 Å². The molecule has 0 bridgehead atoms. The van der Waals surface area contributed by atoms with Gasteiger partial charge in [0.15, 0.2) is 23.3 Å². The van der Waals surface area contributed by atoms with Crippen molar-refractivity contribution in [1.82, 2.24) is 15.3 Å². The van der Waals surface area contributed by atoms with Gasteiger partial charge in [-0.1, -0.05) is 13.8 Å². The van der Waals surface area contributed by atoms with Gasteiger partial charge in [-0.2, -0.15) is 0 Å². The maximum absolute atomic E-state index is 14.6. The molecule has 30 heavy (non-hydrogen) atoms. The molecule has 1 aromatic carbocycles. The molecule has 3 heterocycles. The lowest BCUT2D eigenvalue weighted by Crippen LogP contribution is -2.26. The molecule has 1 saturated heterocycles. The summed E-state index contributed by atoms with van der Waals surface area (Å²) in [6, 6.07) is 4.99. The van der Waals surface area contributed by atoms with E-state index < -0.39 is 11.6 Å². The summed E-state index contributed by atoms with van der Waals surface area (Å²) in [5, 5.41) is 3.19. The molecular weight excluding hydrogens is 384 g/mol. The van der Waals surface area contributed by atoms with Crippen molar-refractivity contribution >= 4 is 11.5 Å². The first-order valence-corrected chi connectivity index (χ1v) is 10.4. The van der Waals surface area contributed by atoms with Crippen LogP contribution in [0.3, 0.4) is 0 Å². The molecule has 1 N–H and O–H groups in total. The maximum Gasteiger partial charge on any atom is 0.195 e. The van der Waals surface area contributed by atoms with Gasteiger partial charge in [-0.05, 0) is 59.4 Å². The van der Waals surface area contributed by atoms with E-state index >= 15 is 0 Å². The molecule has 3 aliphatic rings. The summed E-state index contributed by atoms with van der Waals surface area (Å²) in [6.45, 7) is 6.41. The summed E-state index contributed by atoms with van der Waals surface area (Å²) in [4.78, 5) is 15.0. The van der Waals surface area contributed by atoms with E-state index in [1.807, 2.05) is 17.2 Å². The van der Waals surface area contributed by atoms with Gasteiger partial charge in [-0.3, -0.25) is 4.99 Å². The number of hydrogen-bond donors (Lipinski definition) is 1. The second-order valence-electron chi connectivity index (χ2n) is 9.22. The first-order valence-electron chi connectivity index (χ1n) is 10.4. The Bertz CT molecular complexity index is 1030. The standard InChI is InChI=1S/C23H25F2N5/c1-23(2)4-7-30(13-23)19-9-14(8-18(24)20(19)25)16-10-17(16)15-11-28-22(29-12-15)21-26-5-3-6-27-21/h3,5-6,8-9,11,16-17H,4,7,10,12-13H2,1-2H3,(H,28,29). The highest BCUT2D eigenvalue weighted by Crippen LogP contribution is 2.53. The number of nitrogens with zero attached hydrogens (tertiary/aromatic N) is 4. The predicted octanol–water partition coefficient (Wildman–Crippen LogP) is 4.03. The second kappa shape index (κ2) is 7.15. The number of rotatable bonds is 4. The molecular formula is C23H25F2N5. The molecule has 2 unspecified atom stereocenters. The number of nitrogens with one attached hydrogen (secondary N) is 1. The lowest BCUT2D eigenvalue weighted by atomic mass is 9.93. The van der Waals surface area contributed by atoms with Crippen molar-refractivity contribution < 1.29 is 8.78 Å². The molecule has 5 nitrogen and oxygen atoms in total. The molecule has 0 radical (unpaired) electrons. The normalized spacial score (nSPS) is 24.9. The summed E-state index contributed by atoms with van der Waals surface area (Å²) in [7, 11) is 0. The lowest BCUT2D eigenvalue weighted by molar-refractivity contribution is 0.417. The van der Waals surface area contributed by atoms with Crippen molar-refractivity contribution in [1.29, 1.82) is 0 Å². The maximum atomic E-state index is 14.6. The Labute approximate surface area is 175 Å². The number of amidine groups is 1. The van der Waals surface area contributed by atoms with Gasteiger partial charge in [0.25, 0.3) is 0 Å². The van der Waals surface area contributed by atoms with E-state index in [4.69, 9.17) is 0 Å². The van der Waals surface area contributed by atoms with Crippen LogP contribution in [0.15, 0.2) is 47.4 Å². The zero-order valence-electron chi connectivity index (χ0n) is 17.2. The molecule has 0 spiro atoms. The highest BCUT2D eigenvalue weighted by Gasteiger charge is 2.42. The van der Waals surface area contributed by atoms with Crippen molar-refractivity contribution in [2.24, 2.45) is 16.3 Å². The van der Waals surface area contributed by atoms with Crippen molar-refractivity contribution in [2.45, 2.75) is 32.6 Å². The van der Waals surface area contributed by atoms with Gasteiger partial charge in [0.2, 0.25) is 0 Å². The zero-order chi connectivity index (χ0) is 20.9. The monoisotopic (exact) mass is 409 g/mol. The minimum Gasteiger partial charge on any atom is -0.369 e. The fourth-order valence-electron chi connectivity index (χ4n) is 4.53. The summed E-state index contributed by atoms with van der Waals surface area (Å²) in [5.74, 6) is 0.237. The number of halogens is 2. The fraction of sp³-hybridized carbons (Fsp3) is 0.435. The third-order valence-corrected chi connectivity index (χ3v) is 6.34. The first-order chi connectivity index (χ1) is 14.4. The first kappa shape index (κ1) is 19.2. The number of anilines is 1. The van der Waals surface area contributed by atoms with E-state index in [2.05, 4.69) is 34.1 Å². The largest absolute Gasteiger partial charge is 0.369 e. The van der Waals surface area contributed by atoms with Crippen molar-refractivity contribution in [3.8, 4) is 0 Å². The zero-order valence-corrected chi connectivity index (χ0v) is 17.2. The Balaban J connectivity index is 1.31. The Morgan fingerprint density at radius 2 is 1.93 bits per heavy atom. The molecule has 5 rings (SSSR count). The summed E-state index contributed by atoms with van der Waals surface area (Å²) >= 11 is 0. The molecule has 156 valence electrons. The molecule has 1 aromatic heterocycles. The number of aromatic nitrogens is 2. The smallest absolute Gasteiger partial charge is 0.195 e. The summed E-state index contributed by atoms with van der Waals surface area (Å²) < 4.78 is 29.0. The predicted molar refractivity (Wildman–Crippen MR) is 112 cm³/mol. The van der Waals surface area contributed by atoms with Gasteiger partial charge in [-0.25, -0.2) is 18.7 Å². The highest BCUT2D eigenvalue weighted by molar-refractivity contribution is 5.96. The SMILES string of the molecule is CC1(C)CCN(c2cc(C3CC3C3=CNC(c4ncccn4)=NC3)cc(F)c2F)C1. The van der Waals surface area contributed by atoms with Crippen LogP contribution >= 0.6 is 0 Å². The third-order valence-electron chi connectivity index (χ3n) is 6.34. The molecule has 2 fully saturated rings.